The molecule has 4 aliphatic rings. The minimum atomic E-state index is 0.391. The van der Waals surface area contributed by atoms with E-state index in [4.69, 9.17) is 0 Å². The summed E-state index contributed by atoms with van der Waals surface area (Å²) >= 11 is 0. The lowest BCUT2D eigenvalue weighted by Gasteiger charge is -2.28. The molecule has 1 atom stereocenters. The summed E-state index contributed by atoms with van der Waals surface area (Å²) in [5.41, 5.74) is 8.51. The first-order chi connectivity index (χ1) is 27.0. The molecular weight excluding hydrogens is 685 g/mol. The van der Waals surface area contributed by atoms with Crippen LogP contribution >= 0.6 is 0 Å². The number of carbonyl (C=O) groups excluding carboxylic acids is 1. The van der Waals surface area contributed by atoms with Crippen molar-refractivity contribution in [3.63, 3.8) is 0 Å². The lowest BCUT2D eigenvalue weighted by Crippen LogP contribution is -2.33. The highest BCUT2D eigenvalue weighted by atomic mass is 16.1. The third-order valence-corrected chi connectivity index (χ3v) is 11.7. The van der Waals surface area contributed by atoms with Gasteiger partial charge in [-0.05, 0) is 69.7 Å². The number of nitrogens with one attached hydrogen (secondary N) is 3. The zero-order chi connectivity index (χ0) is 37.6. The quantitative estimate of drug-likeness (QED) is 0.145. The second-order valence-corrected chi connectivity index (χ2v) is 15.3. The van der Waals surface area contributed by atoms with Gasteiger partial charge in [0.25, 0.3) is 0 Å². The summed E-state index contributed by atoms with van der Waals surface area (Å²) in [5, 5.41) is 12.4. The van der Waals surface area contributed by atoms with Gasteiger partial charge in [0.15, 0.2) is 0 Å². The number of anilines is 4. The Morgan fingerprint density at radius 3 is 1.85 bits per heavy atom. The molecule has 3 N–H and O–H groups in total. The van der Waals surface area contributed by atoms with Crippen molar-refractivity contribution in [3.05, 3.63) is 108 Å². The molecule has 6 aromatic rings. The molecule has 2 saturated carbocycles. The predicted octanol–water partition coefficient (Wildman–Crippen LogP) is 8.80. The van der Waals surface area contributed by atoms with Crippen LogP contribution in [0.3, 0.4) is 0 Å². The van der Waals surface area contributed by atoms with Crippen molar-refractivity contribution in [1.82, 2.24) is 40.1 Å². The fourth-order valence-electron chi connectivity index (χ4n) is 8.42. The van der Waals surface area contributed by atoms with Crippen LogP contribution in [0.4, 0.5) is 23.0 Å². The first-order valence-electron chi connectivity index (χ1n) is 19.8. The van der Waals surface area contributed by atoms with Crippen LogP contribution in [0.2, 0.25) is 0 Å². The van der Waals surface area contributed by atoms with Crippen molar-refractivity contribution < 1.29 is 4.79 Å². The number of nitrogens with zero attached hydrogens (tertiary/aromatic N) is 7. The maximum Gasteiger partial charge on any atom is 0.138 e. The van der Waals surface area contributed by atoms with Gasteiger partial charge in [0, 0.05) is 60.0 Å². The summed E-state index contributed by atoms with van der Waals surface area (Å²) < 4.78 is 0. The van der Waals surface area contributed by atoms with Crippen LogP contribution in [0.25, 0.3) is 21.8 Å². The van der Waals surface area contributed by atoms with E-state index in [1.807, 2.05) is 48.8 Å². The second kappa shape index (κ2) is 17.0. The highest BCUT2D eigenvalue weighted by molar-refractivity contribution is 5.83. The maximum atomic E-state index is 10.6. The first-order valence-corrected chi connectivity index (χ1v) is 19.8. The van der Waals surface area contributed by atoms with Gasteiger partial charge in [-0.15, -0.1) is 0 Å². The van der Waals surface area contributed by atoms with Gasteiger partial charge in [-0.3, -0.25) is 19.7 Å². The zero-order valence-corrected chi connectivity index (χ0v) is 31.8. The van der Waals surface area contributed by atoms with Crippen molar-refractivity contribution in [1.29, 1.82) is 0 Å². The van der Waals surface area contributed by atoms with E-state index in [0.29, 0.717) is 17.7 Å². The van der Waals surface area contributed by atoms with Gasteiger partial charge in [0.05, 0.1) is 46.2 Å². The second-order valence-electron chi connectivity index (χ2n) is 15.3. The molecule has 282 valence electrons. The monoisotopic (exact) mass is 734 g/mol. The molecular formula is C44H50N10O. The van der Waals surface area contributed by atoms with E-state index < -0.39 is 0 Å². The van der Waals surface area contributed by atoms with Crippen LogP contribution in [0, 0.1) is 11.8 Å². The Bertz CT molecular complexity index is 2270. The average Bonchev–Trinajstić information content (AvgIpc) is 4.06. The molecule has 0 saturated heterocycles. The number of para-hydroxylation sites is 2. The number of ketones is 1. The molecule has 0 bridgehead atoms. The number of aromatic nitrogens is 6. The number of hydrogen-bond acceptors (Lipinski definition) is 11. The highest BCUT2D eigenvalue weighted by Crippen LogP contribution is 2.36. The average molecular weight is 735 g/mol. The van der Waals surface area contributed by atoms with Gasteiger partial charge in [-0.25, -0.2) is 19.9 Å². The Hall–Kier alpha value is -5.39. The van der Waals surface area contributed by atoms with E-state index in [0.717, 1.165) is 107 Å². The minimum absolute atomic E-state index is 0.391. The van der Waals surface area contributed by atoms with E-state index >= 15 is 0 Å². The summed E-state index contributed by atoms with van der Waals surface area (Å²) in [6.07, 6.45) is 17.3. The summed E-state index contributed by atoms with van der Waals surface area (Å²) in [7, 11) is 0. The summed E-state index contributed by atoms with van der Waals surface area (Å²) in [6.45, 7) is 7.56. The SMILES string of the molecule is CC(=O)C1CCCC1.CC(C1CCCC1)N1Cc2ncnc(Nc3cnc4ccccc4c3)c2C1.c1ccc2ncc(Nc3ncnc4c3CNC4)cc2c1. The Balaban J connectivity index is 0.000000133. The fourth-order valence-corrected chi connectivity index (χ4v) is 8.42. The summed E-state index contributed by atoms with van der Waals surface area (Å²) in [5.74, 6) is 3.42. The van der Waals surface area contributed by atoms with Crippen molar-refractivity contribution in [2.45, 2.75) is 97.4 Å². The number of pyridine rings is 2. The molecule has 55 heavy (non-hydrogen) atoms. The van der Waals surface area contributed by atoms with E-state index in [9.17, 15) is 4.79 Å². The molecule has 2 fully saturated rings. The van der Waals surface area contributed by atoms with Crippen LogP contribution in [0.1, 0.15) is 87.7 Å². The molecule has 4 aromatic heterocycles. The summed E-state index contributed by atoms with van der Waals surface area (Å²) in [6, 6.07) is 21.1. The van der Waals surface area contributed by atoms with Gasteiger partial charge in [0.1, 0.15) is 30.1 Å². The minimum Gasteiger partial charge on any atom is -0.339 e. The Labute approximate surface area is 322 Å². The number of carbonyl (C=O) groups is 1. The number of rotatable bonds is 7. The Morgan fingerprint density at radius 2 is 1.25 bits per heavy atom. The molecule has 0 spiro atoms. The molecule has 2 aliphatic heterocycles. The molecule has 2 aliphatic carbocycles. The van der Waals surface area contributed by atoms with Gasteiger partial charge < -0.3 is 16.0 Å². The molecule has 10 rings (SSSR count). The largest absolute Gasteiger partial charge is 0.339 e. The van der Waals surface area contributed by atoms with Gasteiger partial charge in [0.2, 0.25) is 0 Å². The van der Waals surface area contributed by atoms with Gasteiger partial charge in [-0.1, -0.05) is 62.1 Å². The maximum absolute atomic E-state index is 10.6. The van der Waals surface area contributed by atoms with Gasteiger partial charge in [-0.2, -0.15) is 0 Å². The van der Waals surface area contributed by atoms with Gasteiger partial charge >= 0.3 is 0 Å². The number of hydrogen-bond donors (Lipinski definition) is 3. The molecule has 0 radical (unpaired) electrons. The fraction of sp³-hybridized carbons (Fsp3) is 0.386. The third-order valence-electron chi connectivity index (χ3n) is 11.7. The molecule has 6 heterocycles. The van der Waals surface area contributed by atoms with Crippen molar-refractivity contribution in [2.75, 3.05) is 10.6 Å². The van der Waals surface area contributed by atoms with Crippen molar-refractivity contribution in [2.24, 2.45) is 11.8 Å². The molecule has 11 nitrogen and oxygen atoms in total. The molecule has 2 aromatic carbocycles. The lowest BCUT2D eigenvalue weighted by atomic mass is 9.98. The van der Waals surface area contributed by atoms with Crippen LogP contribution in [-0.4, -0.2) is 46.6 Å². The van der Waals surface area contributed by atoms with Crippen LogP contribution in [0.15, 0.2) is 85.7 Å². The van der Waals surface area contributed by atoms with Crippen LogP contribution < -0.4 is 16.0 Å². The highest BCUT2D eigenvalue weighted by Gasteiger charge is 2.32. The summed E-state index contributed by atoms with van der Waals surface area (Å²) in [4.78, 5) is 39.9. The van der Waals surface area contributed by atoms with E-state index in [-0.39, 0.29) is 0 Å². The Kier molecular flexibility index (Phi) is 11.3. The third kappa shape index (κ3) is 8.63. The normalized spacial score (nSPS) is 17.2. The Morgan fingerprint density at radius 1 is 0.691 bits per heavy atom. The number of Topliss-reactive ketones (excluding diaryl/α,β-unsaturated/α-hetero) is 1. The van der Waals surface area contributed by atoms with Crippen molar-refractivity contribution in [3.8, 4) is 0 Å². The molecule has 1 unspecified atom stereocenters. The zero-order valence-electron chi connectivity index (χ0n) is 31.8. The molecule has 11 heteroatoms. The lowest BCUT2D eigenvalue weighted by molar-refractivity contribution is -0.120. The molecule has 0 amide bonds. The van der Waals surface area contributed by atoms with E-state index in [1.54, 1.807) is 19.6 Å². The topological polar surface area (TPSA) is 134 Å². The van der Waals surface area contributed by atoms with E-state index in [1.165, 1.54) is 44.1 Å². The van der Waals surface area contributed by atoms with Crippen molar-refractivity contribution >= 4 is 50.6 Å². The number of benzene rings is 2. The van der Waals surface area contributed by atoms with Crippen LogP contribution in [0.5, 0.6) is 0 Å². The van der Waals surface area contributed by atoms with Crippen LogP contribution in [-0.2, 0) is 31.0 Å². The smallest absolute Gasteiger partial charge is 0.138 e. The van der Waals surface area contributed by atoms with E-state index in [2.05, 4.69) is 81.9 Å². The first kappa shape index (κ1) is 36.6. The predicted molar refractivity (Wildman–Crippen MR) is 218 cm³/mol. The number of fused-ring (bicyclic) bond motifs is 4. The standard InChI is InChI=1S/C22H25N5.C15H13N5.C7H12O/c1-15(16-6-2-3-7-16)27-12-19-21(13-27)24-14-25-22(19)26-18-10-17-8-4-5-9-20(17)23-11-18;1-2-4-13-10(3-1)5-11(6-17-13)20-15-12-7-16-8-14(12)18-9-19-15;1-6(8)7-4-2-3-5-7/h4-5,8-11,14-16H,2-3,6-7,12-13H2,1H3,(H,24,25,26);1-6,9,16H,7-8H2,(H,18,19,20);7H,2-5H2,1H3.